The third-order valence-electron chi connectivity index (χ3n) is 4.21. The van der Waals surface area contributed by atoms with Gasteiger partial charge in [-0.3, -0.25) is 4.79 Å². The van der Waals surface area contributed by atoms with Crippen LogP contribution in [0.1, 0.15) is 51.9 Å². The molecule has 1 unspecified atom stereocenters. The van der Waals surface area contributed by atoms with Crippen molar-refractivity contribution in [2.45, 2.75) is 64.0 Å². The third-order valence-corrected chi connectivity index (χ3v) is 4.21. The second kappa shape index (κ2) is 7.85. The van der Waals surface area contributed by atoms with Crippen molar-refractivity contribution in [1.82, 2.24) is 4.90 Å². The predicted molar refractivity (Wildman–Crippen MR) is 74.1 cm³/mol. The molecule has 19 heavy (non-hydrogen) atoms. The van der Waals surface area contributed by atoms with E-state index in [1.165, 1.54) is 25.7 Å². The van der Waals surface area contributed by atoms with E-state index in [9.17, 15) is 4.79 Å². The van der Waals surface area contributed by atoms with Crippen LogP contribution in [0.25, 0.3) is 0 Å². The van der Waals surface area contributed by atoms with Gasteiger partial charge in [0, 0.05) is 19.2 Å². The van der Waals surface area contributed by atoms with Gasteiger partial charge in [0.05, 0.1) is 25.7 Å². The van der Waals surface area contributed by atoms with E-state index in [1.807, 2.05) is 4.90 Å². The quantitative estimate of drug-likeness (QED) is 0.666. The normalized spacial score (nSPS) is 23.9. The van der Waals surface area contributed by atoms with E-state index in [0.717, 1.165) is 26.0 Å². The average Bonchev–Trinajstić information content (AvgIpc) is 3.08. The Kier molecular flexibility index (Phi) is 6.11. The fraction of sp³-hybridized carbons (Fsp3) is 0.933. The molecule has 1 saturated carbocycles. The van der Waals surface area contributed by atoms with Gasteiger partial charge in [0.15, 0.2) is 0 Å². The van der Waals surface area contributed by atoms with Gasteiger partial charge in [0.25, 0.3) is 0 Å². The molecule has 0 aromatic rings. The molecule has 0 aromatic carbocycles. The molecule has 1 aliphatic heterocycles. The number of carbonyl (C=O) groups excluding carboxylic acids is 1. The summed E-state index contributed by atoms with van der Waals surface area (Å²) in [6, 6.07) is 0.482. The second-order valence-corrected chi connectivity index (χ2v) is 5.58. The first-order valence-corrected chi connectivity index (χ1v) is 7.80. The zero-order chi connectivity index (χ0) is 13.5. The van der Waals surface area contributed by atoms with Gasteiger partial charge in [-0.25, -0.2) is 0 Å². The molecule has 0 radical (unpaired) electrons. The predicted octanol–water partition coefficient (Wildman–Crippen LogP) is 2.36. The monoisotopic (exact) mass is 269 g/mol. The molecule has 4 heteroatoms. The Labute approximate surface area is 116 Å². The lowest BCUT2D eigenvalue weighted by Crippen LogP contribution is -2.39. The summed E-state index contributed by atoms with van der Waals surface area (Å²) >= 11 is 0. The summed E-state index contributed by atoms with van der Waals surface area (Å²) in [4.78, 5) is 14.2. The van der Waals surface area contributed by atoms with E-state index in [4.69, 9.17) is 9.47 Å². The Hall–Kier alpha value is -0.610. The number of amides is 1. The minimum absolute atomic E-state index is 0.252. The van der Waals surface area contributed by atoms with Crippen LogP contribution < -0.4 is 0 Å². The third kappa shape index (κ3) is 4.46. The van der Waals surface area contributed by atoms with Gasteiger partial charge in [-0.15, -0.1) is 0 Å². The second-order valence-electron chi connectivity index (χ2n) is 5.58. The lowest BCUT2D eigenvalue weighted by Gasteiger charge is -2.27. The molecular formula is C15H27NO3. The Balaban J connectivity index is 1.61. The first kappa shape index (κ1) is 14.8. The minimum atomic E-state index is 0.252. The van der Waals surface area contributed by atoms with Crippen LogP contribution in [0.3, 0.4) is 0 Å². The lowest BCUT2D eigenvalue weighted by atomic mass is 10.2. The first-order chi connectivity index (χ1) is 9.31. The zero-order valence-corrected chi connectivity index (χ0v) is 12.1. The molecule has 1 aliphatic carbocycles. The molecule has 1 atom stereocenters. The molecular weight excluding hydrogens is 242 g/mol. The van der Waals surface area contributed by atoms with Crippen molar-refractivity contribution >= 4 is 5.91 Å². The number of carbonyl (C=O) groups is 1. The minimum Gasteiger partial charge on any atom is -0.378 e. The summed E-state index contributed by atoms with van der Waals surface area (Å²) in [5.74, 6) is 0.252. The summed E-state index contributed by atoms with van der Waals surface area (Å²) in [6.07, 6.45) is 7.89. The van der Waals surface area contributed by atoms with E-state index in [0.29, 0.717) is 25.7 Å². The van der Waals surface area contributed by atoms with Crippen LogP contribution in [0, 0.1) is 0 Å². The smallest absolute Gasteiger partial charge is 0.225 e. The maximum absolute atomic E-state index is 12.2. The summed E-state index contributed by atoms with van der Waals surface area (Å²) < 4.78 is 11.1. The van der Waals surface area contributed by atoms with Crippen molar-refractivity contribution in [3.05, 3.63) is 0 Å². The summed E-state index contributed by atoms with van der Waals surface area (Å²) in [5, 5.41) is 0. The van der Waals surface area contributed by atoms with E-state index in [-0.39, 0.29) is 12.0 Å². The van der Waals surface area contributed by atoms with Crippen molar-refractivity contribution < 1.29 is 14.3 Å². The fourth-order valence-corrected chi connectivity index (χ4v) is 3.15. The van der Waals surface area contributed by atoms with Crippen LogP contribution in [-0.4, -0.2) is 49.3 Å². The lowest BCUT2D eigenvalue weighted by molar-refractivity contribution is -0.134. The molecule has 2 aliphatic rings. The van der Waals surface area contributed by atoms with E-state index >= 15 is 0 Å². The Morgan fingerprint density at radius 3 is 2.68 bits per heavy atom. The number of ether oxygens (including phenoxy) is 2. The van der Waals surface area contributed by atoms with Gasteiger partial charge in [0.1, 0.15) is 0 Å². The molecule has 2 rings (SSSR count). The molecule has 4 nitrogen and oxygen atoms in total. The number of nitrogens with zero attached hydrogens (tertiary/aromatic N) is 1. The van der Waals surface area contributed by atoms with Crippen molar-refractivity contribution in [3.63, 3.8) is 0 Å². The molecule has 110 valence electrons. The Morgan fingerprint density at radius 1 is 1.26 bits per heavy atom. The van der Waals surface area contributed by atoms with Gasteiger partial charge in [-0.2, -0.15) is 0 Å². The van der Waals surface area contributed by atoms with E-state index in [1.54, 1.807) is 0 Å². The number of hydrogen-bond donors (Lipinski definition) is 0. The zero-order valence-electron chi connectivity index (χ0n) is 12.1. The summed E-state index contributed by atoms with van der Waals surface area (Å²) in [7, 11) is 0. The standard InChI is InChI=1S/C15H27NO3/c1-2-16(13-6-3-4-7-13)15(17)9-11-18-12-14-8-5-10-19-14/h13-14H,2-12H2,1H3. The van der Waals surface area contributed by atoms with Crippen LogP contribution in [0.4, 0.5) is 0 Å². The highest BCUT2D eigenvalue weighted by molar-refractivity contribution is 5.76. The van der Waals surface area contributed by atoms with Crippen molar-refractivity contribution in [1.29, 1.82) is 0 Å². The molecule has 1 heterocycles. The molecule has 0 spiro atoms. The van der Waals surface area contributed by atoms with Crippen molar-refractivity contribution in [3.8, 4) is 0 Å². The van der Waals surface area contributed by atoms with Crippen LogP contribution in [0.2, 0.25) is 0 Å². The molecule has 2 fully saturated rings. The van der Waals surface area contributed by atoms with E-state index in [2.05, 4.69) is 6.92 Å². The fourth-order valence-electron chi connectivity index (χ4n) is 3.15. The average molecular weight is 269 g/mol. The van der Waals surface area contributed by atoms with Gasteiger partial charge >= 0.3 is 0 Å². The maximum Gasteiger partial charge on any atom is 0.225 e. The van der Waals surface area contributed by atoms with Gasteiger partial charge in [-0.1, -0.05) is 12.8 Å². The van der Waals surface area contributed by atoms with Crippen molar-refractivity contribution in [2.75, 3.05) is 26.4 Å². The van der Waals surface area contributed by atoms with Crippen LogP contribution >= 0.6 is 0 Å². The summed E-state index contributed by atoms with van der Waals surface area (Å²) in [6.45, 7) is 4.93. The van der Waals surface area contributed by atoms with Gasteiger partial charge in [0.2, 0.25) is 5.91 Å². The first-order valence-electron chi connectivity index (χ1n) is 7.80. The number of hydrogen-bond acceptors (Lipinski definition) is 3. The molecule has 0 bridgehead atoms. The van der Waals surface area contributed by atoms with E-state index < -0.39 is 0 Å². The van der Waals surface area contributed by atoms with Crippen molar-refractivity contribution in [2.24, 2.45) is 0 Å². The van der Waals surface area contributed by atoms with Gasteiger partial charge in [-0.05, 0) is 32.6 Å². The Bertz CT molecular complexity index is 271. The van der Waals surface area contributed by atoms with Crippen LogP contribution in [0.15, 0.2) is 0 Å². The molecule has 1 amide bonds. The largest absolute Gasteiger partial charge is 0.378 e. The summed E-state index contributed by atoms with van der Waals surface area (Å²) in [5.41, 5.74) is 0. The topological polar surface area (TPSA) is 38.8 Å². The van der Waals surface area contributed by atoms with Gasteiger partial charge < -0.3 is 14.4 Å². The van der Waals surface area contributed by atoms with Crippen LogP contribution in [0.5, 0.6) is 0 Å². The highest BCUT2D eigenvalue weighted by atomic mass is 16.5. The highest BCUT2D eigenvalue weighted by Crippen LogP contribution is 2.23. The SMILES string of the molecule is CCN(C(=O)CCOCC1CCCO1)C1CCCC1. The highest BCUT2D eigenvalue weighted by Gasteiger charge is 2.25. The molecule has 1 saturated heterocycles. The maximum atomic E-state index is 12.2. The Morgan fingerprint density at radius 2 is 2.05 bits per heavy atom. The molecule has 0 aromatic heterocycles. The number of rotatable bonds is 7. The van der Waals surface area contributed by atoms with Crippen LogP contribution in [-0.2, 0) is 14.3 Å². The molecule has 0 N–H and O–H groups in total.